The highest BCUT2D eigenvalue weighted by Crippen LogP contribution is 2.63. The quantitative estimate of drug-likeness (QED) is 0.0748. The first kappa shape index (κ1) is 45.0. The lowest BCUT2D eigenvalue weighted by Crippen LogP contribution is -2.71. The molecule has 2 bridgehead atoms. The number of carbonyl (C=O) groups is 5. The number of ether oxygens (including phenoxy) is 5. The lowest BCUT2D eigenvalue weighted by molar-refractivity contribution is -0.228. The topological polar surface area (TPSA) is 192 Å². The minimum absolute atomic E-state index is 0.0241. The standard InChI is InChI=1S/C38H60O13P2/c1-10-13-48-28(42)17-24(19(2)3)30(43)34(44)50-26-18-38(46)32(51-35(45)53)25-15-23(12-11-14-47-21(5)39)16-27(41)37(25,9)33(52)31(49-22(6)40)29(20(26)4)36(38,7)8/h10,19,23-27,30-33,41,43,46H,1,11-18,52-53H2,2-9H3/p+1. The molecule has 53 heavy (non-hydrogen) atoms. The van der Waals surface area contributed by atoms with Gasteiger partial charge in [0, 0.05) is 48.6 Å². The van der Waals surface area contributed by atoms with Crippen molar-refractivity contribution in [2.24, 2.45) is 34.5 Å². The molecule has 0 aromatic carbocycles. The van der Waals surface area contributed by atoms with Crippen molar-refractivity contribution in [3.63, 3.8) is 0 Å². The Bertz CT molecular complexity index is 1430. The number of aliphatic hydroxyl groups is 3. The molecule has 2 fully saturated rings. The van der Waals surface area contributed by atoms with Crippen LogP contribution < -0.4 is 0 Å². The Morgan fingerprint density at radius 3 is 2.23 bits per heavy atom. The van der Waals surface area contributed by atoms with Gasteiger partial charge < -0.3 is 39.0 Å². The molecule has 13 unspecified atom stereocenters. The zero-order valence-corrected chi connectivity index (χ0v) is 35.0. The van der Waals surface area contributed by atoms with Crippen LogP contribution in [0, 0.1) is 34.5 Å². The number of hydrogen-bond acceptors (Lipinski definition) is 13. The van der Waals surface area contributed by atoms with Gasteiger partial charge in [-0.05, 0) is 55.6 Å². The third-order valence-electron chi connectivity index (χ3n) is 12.1. The van der Waals surface area contributed by atoms with E-state index >= 15 is 0 Å². The molecule has 0 amide bonds. The molecule has 0 aromatic heterocycles. The summed E-state index contributed by atoms with van der Waals surface area (Å²) in [5.74, 6) is -4.61. The van der Waals surface area contributed by atoms with Crippen LogP contribution in [0.2, 0.25) is 0 Å². The number of aliphatic hydroxyl groups excluding tert-OH is 2. The molecule has 13 nitrogen and oxygen atoms in total. The van der Waals surface area contributed by atoms with E-state index in [2.05, 4.69) is 15.8 Å². The van der Waals surface area contributed by atoms with Gasteiger partial charge in [0.05, 0.1) is 28.4 Å². The van der Waals surface area contributed by atoms with Gasteiger partial charge in [-0.25, -0.2) is 9.59 Å². The third kappa shape index (κ3) is 9.52. The first-order valence-corrected chi connectivity index (χ1v) is 19.8. The molecule has 0 heterocycles. The van der Waals surface area contributed by atoms with Crippen molar-refractivity contribution < 1.29 is 63.0 Å². The fourth-order valence-corrected chi connectivity index (χ4v) is 9.93. The Balaban J connectivity index is 2.19. The van der Waals surface area contributed by atoms with Crippen molar-refractivity contribution in [2.75, 3.05) is 13.2 Å². The van der Waals surface area contributed by atoms with Crippen LogP contribution >= 0.6 is 18.5 Å². The number of carbonyl (C=O) groups excluding carboxylic acids is 5. The maximum atomic E-state index is 13.8. The minimum Gasteiger partial charge on any atom is -0.466 e. The second-order valence-corrected chi connectivity index (χ2v) is 17.4. The molecule has 0 radical (unpaired) electrons. The number of rotatable bonds is 14. The minimum atomic E-state index is -1.95. The van der Waals surface area contributed by atoms with Gasteiger partial charge in [0.25, 0.3) is 0 Å². The fraction of sp³-hybridized carbons (Fsp3) is 0.763. The summed E-state index contributed by atoms with van der Waals surface area (Å²) in [7, 11) is 3.74. The molecular formula is C38H61O13P2+. The second kappa shape index (κ2) is 18.0. The Hall–Kier alpha value is -2.43. The Morgan fingerprint density at radius 2 is 1.68 bits per heavy atom. The molecule has 0 saturated heterocycles. The average molecular weight is 788 g/mol. The number of esters is 4. The van der Waals surface area contributed by atoms with Crippen LogP contribution in [0.4, 0.5) is 4.79 Å². The van der Waals surface area contributed by atoms with Crippen LogP contribution in [0.15, 0.2) is 23.8 Å². The molecule has 3 aliphatic carbocycles. The van der Waals surface area contributed by atoms with E-state index in [9.17, 15) is 39.3 Å². The molecular weight excluding hydrogens is 726 g/mol. The Kier molecular flexibility index (Phi) is 15.3. The van der Waals surface area contributed by atoms with Gasteiger partial charge in [0.1, 0.15) is 30.5 Å². The highest BCUT2D eigenvalue weighted by molar-refractivity contribution is 7.39. The molecule has 15 heteroatoms. The summed E-state index contributed by atoms with van der Waals surface area (Å²) in [6, 6.07) is 0. The fourth-order valence-electron chi connectivity index (χ4n) is 9.01. The summed E-state index contributed by atoms with van der Waals surface area (Å²) in [5.41, 5.74) is -4.67. The summed E-state index contributed by atoms with van der Waals surface area (Å²) in [4.78, 5) is 63.4. The van der Waals surface area contributed by atoms with Gasteiger partial charge >= 0.3 is 29.6 Å². The summed E-state index contributed by atoms with van der Waals surface area (Å²) in [6.07, 6.45) is -3.34. The molecule has 3 N–H and O–H groups in total. The van der Waals surface area contributed by atoms with Gasteiger partial charge in [0.2, 0.25) is 0 Å². The van der Waals surface area contributed by atoms with Gasteiger partial charge in [-0.1, -0.05) is 47.3 Å². The van der Waals surface area contributed by atoms with Gasteiger partial charge in [0.15, 0.2) is 6.10 Å². The predicted octanol–water partition coefficient (Wildman–Crippen LogP) is 4.17. The number of hydrogen-bond donors (Lipinski definition) is 3. The normalized spacial score (nSPS) is 33.3. The summed E-state index contributed by atoms with van der Waals surface area (Å²) < 4.78 is 28.5. The molecule has 2 saturated carbocycles. The maximum Gasteiger partial charge on any atom is 0.443 e. The molecule has 0 aliphatic heterocycles. The first-order valence-electron chi connectivity index (χ1n) is 18.4. The second-order valence-electron chi connectivity index (χ2n) is 16.1. The first-order chi connectivity index (χ1) is 24.5. The monoisotopic (exact) mass is 787 g/mol. The molecule has 13 atom stereocenters. The Labute approximate surface area is 317 Å². The van der Waals surface area contributed by atoms with Crippen LogP contribution in [-0.4, -0.2) is 99.9 Å². The smallest absolute Gasteiger partial charge is 0.443 e. The summed E-state index contributed by atoms with van der Waals surface area (Å²) in [5, 5.41) is 36.5. The molecule has 3 rings (SSSR count). The molecule has 0 spiro atoms. The van der Waals surface area contributed by atoms with Crippen molar-refractivity contribution in [1.82, 2.24) is 0 Å². The average Bonchev–Trinajstić information content (AvgIpc) is 3.05. The highest BCUT2D eigenvalue weighted by atomic mass is 31.0. The Morgan fingerprint density at radius 1 is 1.04 bits per heavy atom. The van der Waals surface area contributed by atoms with E-state index in [1.807, 2.05) is 6.92 Å². The van der Waals surface area contributed by atoms with Crippen LogP contribution in [0.1, 0.15) is 93.9 Å². The zero-order valence-electron chi connectivity index (χ0n) is 32.4. The SMILES string of the molecule is C=CCOC(=O)CC(C(C)C)C(O)C(=O)OC1CC2(O)C(OC(=O)[PH3+])C3CC(CCCOC(C)=O)CC(O)C3(C)C(P)C(OC(C)=O)C(=C1C)C2(C)C. The van der Waals surface area contributed by atoms with E-state index in [4.69, 9.17) is 23.7 Å². The van der Waals surface area contributed by atoms with E-state index in [-0.39, 0.29) is 37.9 Å². The predicted molar refractivity (Wildman–Crippen MR) is 203 cm³/mol. The van der Waals surface area contributed by atoms with E-state index in [1.165, 1.54) is 19.9 Å². The maximum absolute atomic E-state index is 13.8. The lowest BCUT2D eigenvalue weighted by atomic mass is 9.47. The van der Waals surface area contributed by atoms with Gasteiger partial charge in [-0.2, -0.15) is 0 Å². The third-order valence-corrected chi connectivity index (χ3v) is 13.4. The van der Waals surface area contributed by atoms with E-state index in [0.29, 0.717) is 36.8 Å². The van der Waals surface area contributed by atoms with E-state index in [1.54, 1.807) is 34.6 Å². The largest absolute Gasteiger partial charge is 0.466 e. The molecule has 300 valence electrons. The van der Waals surface area contributed by atoms with Crippen molar-refractivity contribution in [3.05, 3.63) is 23.8 Å². The van der Waals surface area contributed by atoms with Gasteiger partial charge in [-0.3, -0.25) is 14.4 Å². The number of fused-ring (bicyclic) bond motifs is 3. The zero-order chi connectivity index (χ0) is 40.2. The van der Waals surface area contributed by atoms with E-state index in [0.717, 1.165) is 9.24 Å². The van der Waals surface area contributed by atoms with Crippen molar-refractivity contribution >= 4 is 48.1 Å². The molecule has 0 aromatic rings. The highest BCUT2D eigenvalue weighted by Gasteiger charge is 2.69. The van der Waals surface area contributed by atoms with Crippen molar-refractivity contribution in [1.29, 1.82) is 0 Å². The lowest BCUT2D eigenvalue weighted by Gasteiger charge is -2.63. The van der Waals surface area contributed by atoms with Crippen molar-refractivity contribution in [2.45, 2.75) is 136 Å². The van der Waals surface area contributed by atoms with Crippen LogP contribution in [0.5, 0.6) is 0 Å². The van der Waals surface area contributed by atoms with Crippen molar-refractivity contribution in [3.8, 4) is 0 Å². The van der Waals surface area contributed by atoms with Crippen LogP contribution in [0.25, 0.3) is 0 Å². The van der Waals surface area contributed by atoms with Crippen LogP contribution in [0.3, 0.4) is 0 Å². The summed E-state index contributed by atoms with van der Waals surface area (Å²) >= 11 is 0. The van der Waals surface area contributed by atoms with Gasteiger partial charge in [-0.15, -0.1) is 9.24 Å². The van der Waals surface area contributed by atoms with Crippen LogP contribution in [-0.2, 0) is 42.9 Å². The summed E-state index contributed by atoms with van der Waals surface area (Å²) in [6.45, 7) is 16.9. The molecule has 3 aliphatic rings. The van der Waals surface area contributed by atoms with E-state index < -0.39 is 94.0 Å².